The third-order valence-corrected chi connectivity index (χ3v) is 4.62. The van der Waals surface area contributed by atoms with Gasteiger partial charge in [-0.1, -0.05) is 50.6 Å². The number of rotatable bonds is 8. The number of urea groups is 1. The van der Waals surface area contributed by atoms with Gasteiger partial charge in [-0.25, -0.2) is 9.78 Å². The first kappa shape index (κ1) is 18.9. The van der Waals surface area contributed by atoms with Gasteiger partial charge in [0.2, 0.25) is 0 Å². The smallest absolute Gasteiger partial charge is 0.315 e. The molecular formula is C18H27N5O2. The Morgan fingerprint density at radius 1 is 1.36 bits per heavy atom. The SMILES string of the molecule is CCC(C)C(C)(O)CNC(=O)NC(Cn1cncn1)c1ccccc1. The molecule has 1 heterocycles. The minimum absolute atomic E-state index is 0.0906. The molecule has 0 aliphatic carbocycles. The van der Waals surface area contributed by atoms with Crippen molar-refractivity contribution in [2.45, 2.75) is 45.4 Å². The predicted molar refractivity (Wildman–Crippen MR) is 95.8 cm³/mol. The number of aromatic nitrogens is 3. The second kappa shape index (κ2) is 8.62. The maximum atomic E-state index is 12.3. The number of aliphatic hydroxyl groups is 1. The lowest BCUT2D eigenvalue weighted by atomic mass is 9.89. The summed E-state index contributed by atoms with van der Waals surface area (Å²) in [5.74, 6) is 0.0906. The molecule has 3 unspecified atom stereocenters. The van der Waals surface area contributed by atoms with E-state index in [9.17, 15) is 9.90 Å². The van der Waals surface area contributed by atoms with Crippen LogP contribution in [0.25, 0.3) is 0 Å². The van der Waals surface area contributed by atoms with Crippen molar-refractivity contribution in [2.24, 2.45) is 5.92 Å². The summed E-state index contributed by atoms with van der Waals surface area (Å²) >= 11 is 0. The molecule has 0 radical (unpaired) electrons. The molecule has 3 N–H and O–H groups in total. The predicted octanol–water partition coefficient (Wildman–Crippen LogP) is 2.12. The van der Waals surface area contributed by atoms with Gasteiger partial charge in [-0.3, -0.25) is 4.68 Å². The standard InChI is InChI=1S/C18H27N5O2/c1-4-14(2)18(3,25)11-20-17(24)22-16(10-23-13-19-12-21-23)15-8-6-5-7-9-15/h5-9,12-14,16,25H,4,10-11H2,1-3H3,(H2,20,22,24). The Hall–Kier alpha value is -2.41. The molecular weight excluding hydrogens is 318 g/mol. The number of benzene rings is 1. The molecule has 2 amide bonds. The zero-order valence-corrected chi connectivity index (χ0v) is 15.0. The summed E-state index contributed by atoms with van der Waals surface area (Å²) in [7, 11) is 0. The monoisotopic (exact) mass is 345 g/mol. The van der Waals surface area contributed by atoms with Gasteiger partial charge in [0.15, 0.2) is 0 Å². The van der Waals surface area contributed by atoms with Crippen molar-refractivity contribution in [3.8, 4) is 0 Å². The number of carbonyl (C=O) groups is 1. The summed E-state index contributed by atoms with van der Waals surface area (Å²) in [5, 5.41) is 20.3. The quantitative estimate of drug-likeness (QED) is 0.683. The van der Waals surface area contributed by atoms with Crippen molar-refractivity contribution in [3.63, 3.8) is 0 Å². The average molecular weight is 345 g/mol. The zero-order chi connectivity index (χ0) is 18.3. The highest BCUT2D eigenvalue weighted by Crippen LogP contribution is 2.19. The molecule has 7 nitrogen and oxygen atoms in total. The third kappa shape index (κ3) is 5.56. The number of nitrogens with one attached hydrogen (secondary N) is 2. The second-order valence-corrected chi connectivity index (χ2v) is 6.57. The van der Waals surface area contributed by atoms with Crippen molar-refractivity contribution >= 4 is 6.03 Å². The van der Waals surface area contributed by atoms with E-state index in [0.717, 1.165) is 12.0 Å². The third-order valence-electron chi connectivity index (χ3n) is 4.62. The molecule has 0 spiro atoms. The number of amides is 2. The Balaban J connectivity index is 2.00. The summed E-state index contributed by atoms with van der Waals surface area (Å²) in [6, 6.07) is 9.12. The molecule has 0 saturated heterocycles. The molecule has 3 atom stereocenters. The van der Waals surface area contributed by atoms with E-state index in [1.807, 2.05) is 44.2 Å². The van der Waals surface area contributed by atoms with Crippen LogP contribution in [0.3, 0.4) is 0 Å². The Morgan fingerprint density at radius 3 is 2.68 bits per heavy atom. The van der Waals surface area contributed by atoms with Crippen LogP contribution < -0.4 is 10.6 Å². The topological polar surface area (TPSA) is 92.1 Å². The van der Waals surface area contributed by atoms with Crippen LogP contribution in [0, 0.1) is 5.92 Å². The number of carbonyl (C=O) groups excluding carboxylic acids is 1. The van der Waals surface area contributed by atoms with Gasteiger partial charge in [-0.05, 0) is 18.4 Å². The molecule has 7 heteroatoms. The van der Waals surface area contributed by atoms with E-state index < -0.39 is 5.60 Å². The molecule has 0 aliphatic rings. The van der Waals surface area contributed by atoms with E-state index in [1.165, 1.54) is 6.33 Å². The van der Waals surface area contributed by atoms with Crippen LogP contribution in [0.15, 0.2) is 43.0 Å². The van der Waals surface area contributed by atoms with Gasteiger partial charge in [-0.15, -0.1) is 0 Å². The van der Waals surface area contributed by atoms with Gasteiger partial charge in [-0.2, -0.15) is 5.10 Å². The van der Waals surface area contributed by atoms with E-state index in [0.29, 0.717) is 6.54 Å². The number of hydrogen-bond acceptors (Lipinski definition) is 4. The van der Waals surface area contributed by atoms with Gasteiger partial charge >= 0.3 is 6.03 Å². The van der Waals surface area contributed by atoms with Crippen molar-refractivity contribution in [2.75, 3.05) is 6.54 Å². The normalized spacial score (nSPS) is 15.8. The molecule has 0 bridgehead atoms. The van der Waals surface area contributed by atoms with E-state index >= 15 is 0 Å². The Labute approximate surface area is 148 Å². The van der Waals surface area contributed by atoms with Crippen molar-refractivity contribution < 1.29 is 9.90 Å². The van der Waals surface area contributed by atoms with Crippen LogP contribution in [0.1, 0.15) is 38.8 Å². The fourth-order valence-electron chi connectivity index (χ4n) is 2.52. The molecule has 0 aliphatic heterocycles. The molecule has 2 aromatic rings. The van der Waals surface area contributed by atoms with E-state index in [1.54, 1.807) is 17.9 Å². The fraction of sp³-hybridized carbons (Fsp3) is 0.500. The fourth-order valence-corrected chi connectivity index (χ4v) is 2.52. The second-order valence-electron chi connectivity index (χ2n) is 6.57. The lowest BCUT2D eigenvalue weighted by Crippen LogP contribution is -2.48. The largest absolute Gasteiger partial charge is 0.388 e. The summed E-state index contributed by atoms with van der Waals surface area (Å²) in [6.45, 7) is 6.39. The zero-order valence-electron chi connectivity index (χ0n) is 15.0. The Kier molecular flexibility index (Phi) is 6.52. The van der Waals surface area contributed by atoms with Gasteiger partial charge in [0, 0.05) is 6.54 Å². The van der Waals surface area contributed by atoms with Crippen LogP contribution >= 0.6 is 0 Å². The first-order chi connectivity index (χ1) is 11.9. The van der Waals surface area contributed by atoms with E-state index in [2.05, 4.69) is 20.7 Å². The maximum absolute atomic E-state index is 12.3. The summed E-state index contributed by atoms with van der Waals surface area (Å²) < 4.78 is 1.67. The molecule has 2 rings (SSSR count). The van der Waals surface area contributed by atoms with Crippen molar-refractivity contribution in [3.05, 3.63) is 48.5 Å². The maximum Gasteiger partial charge on any atom is 0.315 e. The highest BCUT2D eigenvalue weighted by Gasteiger charge is 2.27. The minimum atomic E-state index is -0.944. The highest BCUT2D eigenvalue weighted by atomic mass is 16.3. The van der Waals surface area contributed by atoms with E-state index in [4.69, 9.17) is 0 Å². The molecule has 0 saturated carbocycles. The van der Waals surface area contributed by atoms with Crippen LogP contribution in [-0.2, 0) is 6.54 Å². The lowest BCUT2D eigenvalue weighted by molar-refractivity contribution is 0.00782. The Bertz CT molecular complexity index is 643. The summed E-state index contributed by atoms with van der Waals surface area (Å²) in [6.07, 6.45) is 3.92. The van der Waals surface area contributed by atoms with Gasteiger partial charge in [0.05, 0.1) is 18.2 Å². The van der Waals surface area contributed by atoms with Crippen molar-refractivity contribution in [1.29, 1.82) is 0 Å². The summed E-state index contributed by atoms with van der Waals surface area (Å²) in [4.78, 5) is 16.3. The lowest BCUT2D eigenvalue weighted by Gasteiger charge is -2.30. The first-order valence-electron chi connectivity index (χ1n) is 8.56. The minimum Gasteiger partial charge on any atom is -0.388 e. The van der Waals surface area contributed by atoms with Gasteiger partial charge in [0.1, 0.15) is 12.7 Å². The van der Waals surface area contributed by atoms with Crippen molar-refractivity contribution in [1.82, 2.24) is 25.4 Å². The van der Waals surface area contributed by atoms with Gasteiger partial charge in [0.25, 0.3) is 0 Å². The first-order valence-corrected chi connectivity index (χ1v) is 8.56. The van der Waals surface area contributed by atoms with Crippen LogP contribution in [0.5, 0.6) is 0 Å². The highest BCUT2D eigenvalue weighted by molar-refractivity contribution is 5.74. The summed E-state index contributed by atoms with van der Waals surface area (Å²) in [5.41, 5.74) is 0.0297. The number of hydrogen-bond donors (Lipinski definition) is 3. The van der Waals surface area contributed by atoms with Crippen LogP contribution in [-0.4, -0.2) is 38.0 Å². The van der Waals surface area contributed by atoms with Gasteiger partial charge < -0.3 is 15.7 Å². The average Bonchev–Trinajstić information content (AvgIpc) is 3.12. The van der Waals surface area contributed by atoms with Crippen LogP contribution in [0.4, 0.5) is 4.79 Å². The molecule has 1 aromatic carbocycles. The van der Waals surface area contributed by atoms with E-state index in [-0.39, 0.29) is 24.5 Å². The Morgan fingerprint density at radius 2 is 2.08 bits per heavy atom. The molecule has 0 fully saturated rings. The molecule has 136 valence electrons. The molecule has 1 aromatic heterocycles. The number of nitrogens with zero attached hydrogens (tertiary/aromatic N) is 3. The molecule has 25 heavy (non-hydrogen) atoms. The van der Waals surface area contributed by atoms with Crippen LogP contribution in [0.2, 0.25) is 0 Å².